The van der Waals surface area contributed by atoms with E-state index >= 15 is 0 Å². The highest BCUT2D eigenvalue weighted by Crippen LogP contribution is 2.29. The summed E-state index contributed by atoms with van der Waals surface area (Å²) in [6, 6.07) is 4.00. The molecule has 0 aromatic carbocycles. The maximum absolute atomic E-state index is 4.51. The molecule has 23 heavy (non-hydrogen) atoms. The van der Waals surface area contributed by atoms with E-state index in [2.05, 4.69) is 60.0 Å². The molecule has 0 fully saturated rings. The summed E-state index contributed by atoms with van der Waals surface area (Å²) in [4.78, 5) is 15.3. The van der Waals surface area contributed by atoms with E-state index in [9.17, 15) is 0 Å². The van der Waals surface area contributed by atoms with Gasteiger partial charge < -0.3 is 10.2 Å². The van der Waals surface area contributed by atoms with Crippen molar-refractivity contribution in [3.8, 4) is 0 Å². The molecule has 0 aliphatic heterocycles. The molecule has 0 saturated carbocycles. The first-order chi connectivity index (χ1) is 11.1. The number of nitrogens with zero attached hydrogens (tertiary/aromatic N) is 6. The maximum atomic E-state index is 4.51. The lowest BCUT2D eigenvalue weighted by Crippen LogP contribution is -2.22. The Labute approximate surface area is 142 Å². The van der Waals surface area contributed by atoms with E-state index in [0.29, 0.717) is 10.4 Å². The van der Waals surface area contributed by atoms with Crippen molar-refractivity contribution in [2.75, 3.05) is 23.3 Å². The van der Waals surface area contributed by atoms with Crippen LogP contribution in [0.25, 0.3) is 11.0 Å². The van der Waals surface area contributed by atoms with Crippen molar-refractivity contribution in [1.29, 1.82) is 0 Å². The van der Waals surface area contributed by atoms with Gasteiger partial charge in [0.05, 0.1) is 17.3 Å². The Hall–Kier alpha value is -2.22. The second-order valence-electron chi connectivity index (χ2n) is 5.04. The normalized spacial score (nSPS) is 11.0. The molecule has 7 nitrogen and oxygen atoms in total. The van der Waals surface area contributed by atoms with E-state index in [1.807, 2.05) is 25.4 Å². The Balaban J connectivity index is 1.91. The quantitative estimate of drug-likeness (QED) is 0.738. The van der Waals surface area contributed by atoms with E-state index in [4.69, 9.17) is 0 Å². The lowest BCUT2D eigenvalue weighted by molar-refractivity contribution is 0.777. The summed E-state index contributed by atoms with van der Waals surface area (Å²) < 4.78 is 2.43. The molecule has 0 amide bonds. The van der Waals surface area contributed by atoms with Crippen molar-refractivity contribution in [3.63, 3.8) is 0 Å². The smallest absolute Gasteiger partial charge is 0.164 e. The summed E-state index contributed by atoms with van der Waals surface area (Å²) >= 11 is 3.46. The van der Waals surface area contributed by atoms with E-state index in [1.54, 1.807) is 4.68 Å². The first-order valence-electron chi connectivity index (χ1n) is 7.45. The van der Waals surface area contributed by atoms with Gasteiger partial charge in [-0.3, -0.25) is 0 Å². The zero-order valence-corrected chi connectivity index (χ0v) is 14.9. The number of aryl methyl sites for hydroxylation is 1. The molecule has 8 heteroatoms. The Morgan fingerprint density at radius 3 is 2.61 bits per heavy atom. The number of halogens is 1. The number of nitrogens with one attached hydrogen (secondary N) is 1. The molecule has 3 rings (SSSR count). The average molecular weight is 376 g/mol. The van der Waals surface area contributed by atoms with Crippen molar-refractivity contribution >= 4 is 44.3 Å². The largest absolute Gasteiger partial charge is 0.357 e. The van der Waals surface area contributed by atoms with Crippen LogP contribution in [0.1, 0.15) is 13.8 Å². The lowest BCUT2D eigenvalue weighted by atomic mass is 10.3. The van der Waals surface area contributed by atoms with Crippen molar-refractivity contribution in [1.82, 2.24) is 24.7 Å². The molecule has 0 aliphatic carbocycles. The highest BCUT2D eigenvalue weighted by atomic mass is 79.9. The fourth-order valence-electron chi connectivity index (χ4n) is 2.47. The van der Waals surface area contributed by atoms with Crippen LogP contribution in [0.3, 0.4) is 0 Å². The van der Waals surface area contributed by atoms with Crippen LogP contribution in [-0.4, -0.2) is 37.8 Å². The summed E-state index contributed by atoms with van der Waals surface area (Å²) in [6.07, 6.45) is 3.34. The van der Waals surface area contributed by atoms with Gasteiger partial charge in [-0.25, -0.2) is 19.6 Å². The van der Waals surface area contributed by atoms with Crippen LogP contribution in [0.15, 0.2) is 29.3 Å². The van der Waals surface area contributed by atoms with Gasteiger partial charge in [0.1, 0.15) is 22.6 Å². The van der Waals surface area contributed by atoms with Crippen LogP contribution in [0.5, 0.6) is 0 Å². The summed E-state index contributed by atoms with van der Waals surface area (Å²) in [5.41, 5.74) is 1.64. The minimum absolute atomic E-state index is 0.701. The van der Waals surface area contributed by atoms with Crippen molar-refractivity contribution in [2.45, 2.75) is 13.8 Å². The predicted molar refractivity (Wildman–Crippen MR) is 95.1 cm³/mol. The molecule has 0 saturated heterocycles. The molecule has 0 spiro atoms. The molecule has 1 N–H and O–H groups in total. The molecule has 3 heterocycles. The van der Waals surface area contributed by atoms with Crippen molar-refractivity contribution < 1.29 is 0 Å². The Kier molecular flexibility index (Phi) is 4.42. The third-order valence-electron chi connectivity index (χ3n) is 3.68. The molecule has 0 aliphatic rings. The Morgan fingerprint density at radius 1 is 1.17 bits per heavy atom. The van der Waals surface area contributed by atoms with Crippen LogP contribution in [0.4, 0.5) is 17.3 Å². The van der Waals surface area contributed by atoms with Gasteiger partial charge in [-0.05, 0) is 41.9 Å². The van der Waals surface area contributed by atoms with Crippen LogP contribution in [-0.2, 0) is 7.05 Å². The molecular formula is C15H18BrN7. The summed E-state index contributed by atoms with van der Waals surface area (Å²) in [6.45, 7) is 6.11. The number of hydrogen-bond donors (Lipinski definition) is 1. The Bertz CT molecular complexity index is 809. The number of fused-ring (bicyclic) bond motifs is 1. The van der Waals surface area contributed by atoms with E-state index in [0.717, 1.165) is 35.6 Å². The van der Waals surface area contributed by atoms with Gasteiger partial charge >= 0.3 is 0 Å². The average Bonchev–Trinajstić information content (AvgIpc) is 2.86. The zero-order valence-electron chi connectivity index (χ0n) is 13.3. The van der Waals surface area contributed by atoms with Gasteiger partial charge in [0.25, 0.3) is 0 Å². The number of anilines is 3. The highest BCUT2D eigenvalue weighted by molar-refractivity contribution is 9.10. The van der Waals surface area contributed by atoms with Crippen molar-refractivity contribution in [2.24, 2.45) is 7.05 Å². The summed E-state index contributed by atoms with van der Waals surface area (Å²) in [5.74, 6) is 1.67. The molecular weight excluding hydrogens is 358 g/mol. The second kappa shape index (κ2) is 6.49. The van der Waals surface area contributed by atoms with Gasteiger partial charge in [0.2, 0.25) is 0 Å². The van der Waals surface area contributed by atoms with Crippen molar-refractivity contribution in [3.05, 3.63) is 29.3 Å². The lowest BCUT2D eigenvalue weighted by Gasteiger charge is -2.19. The SMILES string of the molecule is CCN(CC)c1ccc(Nc2ncnc3c2c(Br)nn3C)cn1. The first-order valence-corrected chi connectivity index (χ1v) is 8.24. The number of hydrogen-bond acceptors (Lipinski definition) is 6. The molecule has 3 aromatic heterocycles. The minimum atomic E-state index is 0.701. The maximum Gasteiger partial charge on any atom is 0.164 e. The molecule has 0 atom stereocenters. The fourth-order valence-corrected chi connectivity index (χ4v) is 3.07. The third kappa shape index (κ3) is 2.98. The molecule has 0 unspecified atom stereocenters. The van der Waals surface area contributed by atoms with Crippen LogP contribution < -0.4 is 10.2 Å². The highest BCUT2D eigenvalue weighted by Gasteiger charge is 2.13. The van der Waals surface area contributed by atoms with E-state index < -0.39 is 0 Å². The van der Waals surface area contributed by atoms with Gasteiger partial charge in [0, 0.05) is 20.1 Å². The second-order valence-corrected chi connectivity index (χ2v) is 5.79. The molecule has 0 radical (unpaired) electrons. The van der Waals surface area contributed by atoms with Crippen LogP contribution >= 0.6 is 15.9 Å². The topological polar surface area (TPSA) is 71.8 Å². The standard InChI is InChI=1S/C15H18BrN7/c1-4-23(5-2)11-7-6-10(8-17-11)20-14-12-13(16)21-22(3)15(12)19-9-18-14/h6-9H,4-5H2,1-3H3,(H,18,19,20). The fraction of sp³-hybridized carbons (Fsp3) is 0.333. The summed E-state index contributed by atoms with van der Waals surface area (Å²) in [7, 11) is 1.85. The third-order valence-corrected chi connectivity index (χ3v) is 4.23. The first kappa shape index (κ1) is 15.7. The van der Waals surface area contributed by atoms with Gasteiger partial charge in [-0.15, -0.1) is 0 Å². The van der Waals surface area contributed by atoms with E-state index in [-0.39, 0.29) is 0 Å². The van der Waals surface area contributed by atoms with Gasteiger partial charge in [0.15, 0.2) is 5.65 Å². The zero-order chi connectivity index (χ0) is 16.4. The number of aromatic nitrogens is 5. The Morgan fingerprint density at radius 2 is 1.96 bits per heavy atom. The van der Waals surface area contributed by atoms with Gasteiger partial charge in [-0.1, -0.05) is 0 Å². The van der Waals surface area contributed by atoms with Gasteiger partial charge in [-0.2, -0.15) is 5.10 Å². The number of rotatable bonds is 5. The molecule has 120 valence electrons. The van der Waals surface area contributed by atoms with E-state index in [1.165, 1.54) is 6.33 Å². The van der Waals surface area contributed by atoms with Crippen LogP contribution in [0, 0.1) is 0 Å². The minimum Gasteiger partial charge on any atom is -0.357 e. The predicted octanol–water partition coefficient (Wildman–Crippen LogP) is 3.11. The summed E-state index contributed by atoms with van der Waals surface area (Å²) in [5, 5.41) is 8.46. The molecule has 3 aromatic rings. The van der Waals surface area contributed by atoms with Crippen LogP contribution in [0.2, 0.25) is 0 Å². The number of pyridine rings is 1. The molecule has 0 bridgehead atoms. The monoisotopic (exact) mass is 375 g/mol.